The zero-order valence-corrected chi connectivity index (χ0v) is 18.5. The number of hydrogen-bond acceptors (Lipinski definition) is 8. The van der Waals surface area contributed by atoms with Gasteiger partial charge in [0.05, 0.1) is 49.1 Å². The molecule has 4 heterocycles. The molecule has 2 N–H and O–H groups in total. The number of barbiturate groups is 1. The fourth-order valence-corrected chi connectivity index (χ4v) is 5.28. The van der Waals surface area contributed by atoms with Crippen LogP contribution in [0, 0.1) is 17.0 Å². The highest BCUT2D eigenvalue weighted by Crippen LogP contribution is 2.49. The van der Waals surface area contributed by atoms with Crippen molar-refractivity contribution in [2.24, 2.45) is 5.41 Å². The summed E-state index contributed by atoms with van der Waals surface area (Å²) in [6.45, 7) is 3.52. The highest BCUT2D eigenvalue weighted by Gasteiger charge is 2.63. The maximum absolute atomic E-state index is 15.6. The third-order valence-corrected chi connectivity index (χ3v) is 6.58. The van der Waals surface area contributed by atoms with Crippen molar-refractivity contribution < 1.29 is 32.6 Å². The number of rotatable bonds is 2. The molecule has 1 aromatic carbocycles. The second-order valence-electron chi connectivity index (χ2n) is 8.64. The topological polar surface area (TPSA) is 123 Å². The Bertz CT molecular complexity index is 1200. The number of nitrogens with zero attached hydrogens (tertiary/aromatic N) is 3. The third-order valence-electron chi connectivity index (χ3n) is 6.58. The monoisotopic (exact) mass is 473 g/mol. The number of benzene rings is 1. The van der Waals surface area contributed by atoms with Crippen LogP contribution in [0.1, 0.15) is 19.4 Å². The van der Waals surface area contributed by atoms with E-state index in [4.69, 9.17) is 9.47 Å². The number of anilines is 1. The van der Waals surface area contributed by atoms with Crippen LogP contribution in [0.25, 0.3) is 11.3 Å². The Kier molecular flexibility index (Phi) is 5.01. The molecule has 34 heavy (non-hydrogen) atoms. The zero-order valence-electron chi connectivity index (χ0n) is 18.5. The Morgan fingerprint density at radius 3 is 2.44 bits per heavy atom. The number of methoxy groups -OCH3 is 1. The number of morpholine rings is 1. The first-order valence-electron chi connectivity index (χ1n) is 10.6. The zero-order chi connectivity index (χ0) is 24.4. The van der Waals surface area contributed by atoms with E-state index < -0.39 is 47.0 Å². The molecule has 3 atom stereocenters. The molecule has 2 aromatic rings. The van der Waals surface area contributed by atoms with E-state index in [0.717, 1.165) is 0 Å². The number of imide groups is 2. The van der Waals surface area contributed by atoms with Gasteiger partial charge in [-0.05, 0) is 25.5 Å². The number of hydrogen-bond donors (Lipinski definition) is 2. The normalized spacial score (nSPS) is 25.4. The molecule has 3 aliphatic heterocycles. The fourth-order valence-electron chi connectivity index (χ4n) is 5.28. The number of carbonyl (C=O) groups is 3. The number of carbonyl (C=O) groups excluding carboxylic acids is 3. The van der Waals surface area contributed by atoms with Gasteiger partial charge in [-0.25, -0.2) is 23.5 Å². The molecule has 0 saturated carbocycles. The van der Waals surface area contributed by atoms with Gasteiger partial charge < -0.3 is 14.4 Å². The fraction of sp³-hybridized carbons (Fsp3) is 0.409. The van der Waals surface area contributed by atoms with Crippen molar-refractivity contribution in [3.63, 3.8) is 0 Å². The van der Waals surface area contributed by atoms with Gasteiger partial charge in [-0.3, -0.25) is 20.2 Å². The first-order valence-corrected chi connectivity index (χ1v) is 10.6. The Balaban J connectivity index is 1.72. The number of amides is 4. The number of fused-ring (bicyclic) bond motifs is 4. The molecule has 2 fully saturated rings. The minimum Gasteiger partial charge on any atom is -0.480 e. The molecule has 12 heteroatoms. The standard InChI is InChI=1S/C22H21F2N5O5/c1-9-8-29-17-11(4-12(15(23)16(17)24)13-6-26-14(33-3)7-25-13)5-22(18(29)10(2)34-9)19(30)27-21(32)28-20(22)31/h4,6-7,9-10,18H,5,8H2,1-3H3,(H2,27,28,30,31,32)/t9-,10+,18-/m1/s1. The highest BCUT2D eigenvalue weighted by atomic mass is 19.2. The van der Waals surface area contributed by atoms with Crippen molar-refractivity contribution >= 4 is 23.5 Å². The number of halogens is 2. The van der Waals surface area contributed by atoms with Crippen LogP contribution in [-0.2, 0) is 20.7 Å². The second kappa shape index (κ2) is 7.69. The van der Waals surface area contributed by atoms with Crippen LogP contribution in [-0.4, -0.2) is 59.7 Å². The van der Waals surface area contributed by atoms with Gasteiger partial charge >= 0.3 is 6.03 Å². The number of nitrogens with one attached hydrogen (secondary N) is 2. The lowest BCUT2D eigenvalue weighted by molar-refractivity contribution is -0.153. The van der Waals surface area contributed by atoms with Gasteiger partial charge in [0.15, 0.2) is 17.0 Å². The summed E-state index contributed by atoms with van der Waals surface area (Å²) in [5, 5.41) is 4.31. The molecule has 5 rings (SSSR count). The maximum atomic E-state index is 15.6. The minimum atomic E-state index is -1.80. The van der Waals surface area contributed by atoms with Crippen LogP contribution in [0.3, 0.4) is 0 Å². The predicted octanol–water partition coefficient (Wildman–Crippen LogP) is 1.32. The molecule has 4 amide bonds. The van der Waals surface area contributed by atoms with E-state index in [1.165, 1.54) is 30.5 Å². The number of urea groups is 1. The summed E-state index contributed by atoms with van der Waals surface area (Å²) < 4.78 is 41.8. The van der Waals surface area contributed by atoms with Crippen LogP contribution >= 0.6 is 0 Å². The average Bonchev–Trinajstić information content (AvgIpc) is 2.79. The Morgan fingerprint density at radius 1 is 1.12 bits per heavy atom. The van der Waals surface area contributed by atoms with Gasteiger partial charge in [0, 0.05) is 18.5 Å². The van der Waals surface area contributed by atoms with Crippen LogP contribution in [0.2, 0.25) is 0 Å². The van der Waals surface area contributed by atoms with Crippen molar-refractivity contribution in [1.82, 2.24) is 20.6 Å². The lowest BCUT2D eigenvalue weighted by Crippen LogP contribution is -2.75. The quantitative estimate of drug-likeness (QED) is 0.627. The van der Waals surface area contributed by atoms with Gasteiger partial charge in [-0.15, -0.1) is 0 Å². The van der Waals surface area contributed by atoms with E-state index in [9.17, 15) is 14.4 Å². The molecule has 1 aromatic heterocycles. The van der Waals surface area contributed by atoms with Gasteiger partial charge in [-0.1, -0.05) is 0 Å². The summed E-state index contributed by atoms with van der Waals surface area (Å²) in [6, 6.07) is -0.538. The number of ether oxygens (including phenoxy) is 2. The van der Waals surface area contributed by atoms with Crippen LogP contribution in [0.5, 0.6) is 5.88 Å². The molecule has 0 aliphatic carbocycles. The Morgan fingerprint density at radius 2 is 1.82 bits per heavy atom. The van der Waals surface area contributed by atoms with Gasteiger partial charge in [-0.2, -0.15) is 0 Å². The molecule has 0 unspecified atom stereocenters. The van der Waals surface area contributed by atoms with Crippen LogP contribution < -0.4 is 20.3 Å². The minimum absolute atomic E-state index is 0.0437. The first-order chi connectivity index (χ1) is 16.2. The molecule has 3 aliphatic rings. The molecule has 178 valence electrons. The molecule has 1 spiro atoms. The van der Waals surface area contributed by atoms with E-state index in [2.05, 4.69) is 20.6 Å². The Hall–Kier alpha value is -3.67. The number of aromatic nitrogens is 2. The Labute approximate surface area is 192 Å². The van der Waals surface area contributed by atoms with Gasteiger partial charge in [0.2, 0.25) is 17.7 Å². The summed E-state index contributed by atoms with van der Waals surface area (Å²) in [7, 11) is 1.40. The van der Waals surface area contributed by atoms with Gasteiger partial charge in [0.1, 0.15) is 0 Å². The predicted molar refractivity (Wildman–Crippen MR) is 113 cm³/mol. The third kappa shape index (κ3) is 3.05. The summed E-state index contributed by atoms with van der Waals surface area (Å²) in [4.78, 5) is 47.7. The van der Waals surface area contributed by atoms with E-state index >= 15 is 8.78 Å². The van der Waals surface area contributed by atoms with Crippen molar-refractivity contribution in [3.05, 3.63) is 35.7 Å². The van der Waals surface area contributed by atoms with Crippen LogP contribution in [0.15, 0.2) is 18.5 Å². The lowest BCUT2D eigenvalue weighted by atomic mass is 9.66. The molecule has 10 nitrogen and oxygen atoms in total. The second-order valence-corrected chi connectivity index (χ2v) is 8.64. The molecular formula is C22H21F2N5O5. The van der Waals surface area contributed by atoms with Crippen molar-refractivity contribution in [3.8, 4) is 17.1 Å². The SMILES string of the molecule is COc1cnc(-c2cc3c(c(F)c2F)N2C[C@@H](C)O[C@@H](C)[C@@H]2C2(C3)C(=O)NC(=O)NC2=O)cn1. The smallest absolute Gasteiger partial charge is 0.328 e. The van der Waals surface area contributed by atoms with E-state index in [-0.39, 0.29) is 47.5 Å². The maximum Gasteiger partial charge on any atom is 0.328 e. The molecular weight excluding hydrogens is 452 g/mol. The van der Waals surface area contributed by atoms with Gasteiger partial charge in [0.25, 0.3) is 0 Å². The van der Waals surface area contributed by atoms with E-state index in [1.807, 2.05) is 0 Å². The van der Waals surface area contributed by atoms with Crippen LogP contribution in [0.4, 0.5) is 19.3 Å². The highest BCUT2D eigenvalue weighted by molar-refractivity contribution is 6.20. The molecule has 2 saturated heterocycles. The summed E-state index contributed by atoms with van der Waals surface area (Å²) in [5.41, 5.74) is -1.75. The first kappa shape index (κ1) is 22.1. The van der Waals surface area contributed by atoms with E-state index in [0.29, 0.717) is 0 Å². The van der Waals surface area contributed by atoms with Crippen molar-refractivity contribution in [1.29, 1.82) is 0 Å². The summed E-state index contributed by atoms with van der Waals surface area (Å²) in [6.07, 6.45) is 1.14. The average molecular weight is 473 g/mol. The summed E-state index contributed by atoms with van der Waals surface area (Å²) in [5.74, 6) is -3.70. The van der Waals surface area contributed by atoms with Crippen molar-refractivity contribution in [2.45, 2.75) is 38.5 Å². The van der Waals surface area contributed by atoms with Crippen molar-refractivity contribution in [2.75, 3.05) is 18.6 Å². The van der Waals surface area contributed by atoms with E-state index in [1.54, 1.807) is 13.8 Å². The summed E-state index contributed by atoms with van der Waals surface area (Å²) >= 11 is 0. The molecule has 0 radical (unpaired) electrons. The largest absolute Gasteiger partial charge is 0.480 e. The molecule has 0 bridgehead atoms. The lowest BCUT2D eigenvalue weighted by Gasteiger charge is -2.55.